The molecule has 2 saturated carbocycles. The summed E-state index contributed by atoms with van der Waals surface area (Å²) in [5, 5.41) is 13.1. The van der Waals surface area contributed by atoms with E-state index in [1.165, 1.54) is 4.90 Å². The number of aliphatic carboxylic acids is 1. The van der Waals surface area contributed by atoms with Gasteiger partial charge in [-0.25, -0.2) is 0 Å². The Hall–Kier alpha value is -3.61. The number of aromatic amines is 1. The summed E-state index contributed by atoms with van der Waals surface area (Å²) in [7, 11) is 0. The molecule has 4 aliphatic rings. The number of fused-ring (bicyclic) bond motifs is 9. The van der Waals surface area contributed by atoms with E-state index in [2.05, 4.69) is 10.3 Å². The Morgan fingerprint density at radius 2 is 1.82 bits per heavy atom. The van der Waals surface area contributed by atoms with Gasteiger partial charge in [0.15, 0.2) is 6.61 Å². The number of carbonyl (C=O) groups is 4. The fourth-order valence-electron chi connectivity index (χ4n) is 7.91. The first kappa shape index (κ1) is 30.1. The van der Waals surface area contributed by atoms with Crippen molar-refractivity contribution in [3.8, 4) is 5.75 Å². The molecule has 2 aliphatic carbocycles. The molecule has 1 aromatic heterocycles. The number of halogens is 1. The van der Waals surface area contributed by atoms with Gasteiger partial charge in [0.05, 0.1) is 16.9 Å². The number of carboxylic acid groups (broad SMARTS) is 1. The van der Waals surface area contributed by atoms with Crippen LogP contribution in [-0.4, -0.2) is 57.1 Å². The first-order valence-electron chi connectivity index (χ1n) is 14.9. The van der Waals surface area contributed by atoms with E-state index in [1.54, 1.807) is 23.9 Å². The molecule has 3 heterocycles. The maximum atomic E-state index is 13.7. The van der Waals surface area contributed by atoms with Gasteiger partial charge in [0.25, 0.3) is 5.91 Å². The third-order valence-corrected chi connectivity index (χ3v) is 12.4. The maximum Gasteiger partial charge on any atom is 0.305 e. The van der Waals surface area contributed by atoms with E-state index in [-0.39, 0.29) is 77.5 Å². The monoisotopic (exact) mass is 667 g/mol. The number of nitrogens with zero attached hydrogens (tertiary/aromatic N) is 1. The Morgan fingerprint density at radius 1 is 1.09 bits per heavy atom. The van der Waals surface area contributed by atoms with Gasteiger partial charge in [0.1, 0.15) is 5.75 Å². The highest BCUT2D eigenvalue weighted by Gasteiger charge is 2.69. The van der Waals surface area contributed by atoms with Crippen molar-refractivity contribution < 1.29 is 29.0 Å². The van der Waals surface area contributed by atoms with Gasteiger partial charge < -0.3 is 20.1 Å². The second kappa shape index (κ2) is 11.6. The molecule has 3 N–H and O–H groups in total. The summed E-state index contributed by atoms with van der Waals surface area (Å²) in [5.74, 6) is -2.83. The molecule has 0 radical (unpaired) electrons. The van der Waals surface area contributed by atoms with Gasteiger partial charge in [-0.3, -0.25) is 28.9 Å². The number of nitrogens with one attached hydrogen (secondary N) is 2. The van der Waals surface area contributed by atoms with Crippen molar-refractivity contribution in [3.05, 3.63) is 73.2 Å². The molecular formula is C32H30ClN3O7S2. The van der Waals surface area contributed by atoms with Gasteiger partial charge >= 0.3 is 10.8 Å². The van der Waals surface area contributed by atoms with Crippen molar-refractivity contribution in [2.45, 2.75) is 42.4 Å². The molecule has 7 rings (SSSR count). The summed E-state index contributed by atoms with van der Waals surface area (Å²) in [6.07, 6.45) is 0.811. The molecule has 234 valence electrons. The third kappa shape index (κ3) is 5.26. The van der Waals surface area contributed by atoms with E-state index < -0.39 is 17.8 Å². The van der Waals surface area contributed by atoms with E-state index in [0.717, 1.165) is 32.4 Å². The summed E-state index contributed by atoms with van der Waals surface area (Å²) < 4.78 is 6.12. The minimum absolute atomic E-state index is 0.0358. The lowest BCUT2D eigenvalue weighted by Crippen LogP contribution is -2.42. The maximum absolute atomic E-state index is 13.7. The van der Waals surface area contributed by atoms with Crippen molar-refractivity contribution >= 4 is 64.1 Å². The predicted octanol–water partition coefficient (Wildman–Crippen LogP) is 4.75. The Bertz CT molecular complexity index is 1770. The van der Waals surface area contributed by atoms with Crippen molar-refractivity contribution in [2.24, 2.45) is 29.6 Å². The summed E-state index contributed by atoms with van der Waals surface area (Å²) in [5.41, 5.74) is 2.47. The van der Waals surface area contributed by atoms with Crippen LogP contribution in [0.15, 0.2) is 52.3 Å². The number of carbonyl (C=O) groups excluding carboxylic acids is 3. The normalized spacial score (nSPS) is 27.7. The molecular weight excluding hydrogens is 638 g/mol. The van der Waals surface area contributed by atoms with Crippen molar-refractivity contribution in [1.82, 2.24) is 9.88 Å². The average Bonchev–Trinajstić information content (AvgIpc) is 3.73. The summed E-state index contributed by atoms with van der Waals surface area (Å²) in [6.45, 7) is 1.82. The second-order valence-electron chi connectivity index (χ2n) is 12.2. The summed E-state index contributed by atoms with van der Waals surface area (Å²) in [6, 6.07) is 12.7. The smallest absolute Gasteiger partial charge is 0.305 e. The molecule has 3 fully saturated rings. The number of aryl methyl sites for hydroxylation is 1. The topological polar surface area (TPSA) is 146 Å². The number of thioether (sulfide) groups is 1. The summed E-state index contributed by atoms with van der Waals surface area (Å²) >= 11 is 9.24. The fraction of sp³-hybridized carbons (Fsp3) is 0.406. The van der Waals surface area contributed by atoms with E-state index in [0.29, 0.717) is 22.9 Å². The number of ether oxygens (including phenoxy) is 1. The van der Waals surface area contributed by atoms with Crippen molar-refractivity contribution in [1.29, 1.82) is 0 Å². The first-order chi connectivity index (χ1) is 21.6. The van der Waals surface area contributed by atoms with Crippen LogP contribution in [0.2, 0.25) is 5.02 Å². The van der Waals surface area contributed by atoms with Crippen LogP contribution in [-0.2, 0) is 19.2 Å². The minimum atomic E-state index is -0.966. The number of rotatable bonds is 9. The Labute approximate surface area is 271 Å². The molecule has 3 aromatic rings. The molecule has 1 saturated heterocycles. The van der Waals surface area contributed by atoms with Gasteiger partial charge in [-0.05, 0) is 67.9 Å². The number of imide groups is 1. The standard InChI is InChI=1S/C32H30ClN3O7S2/c1-14-4-7-16(8-5-14)34-21(37)13-43-20-9-6-15(33)11-17(20)23-24-18-12-19(27(24)44-29-28(23)45-32(42)35-29)26-25(18)30(40)36(31(26)41)10-2-3-22(38)39/h4-9,11,18-19,23-27H,2-3,10,12-13H2,1H3,(H,34,37)(H,35,42)(H,38,39)/t18?,19?,23-,24?,25?,26?,27?/m1/s1. The molecule has 2 aromatic carbocycles. The van der Waals surface area contributed by atoms with Crippen LogP contribution in [0.4, 0.5) is 5.69 Å². The van der Waals surface area contributed by atoms with Crippen molar-refractivity contribution in [3.63, 3.8) is 0 Å². The highest BCUT2D eigenvalue weighted by molar-refractivity contribution is 8.00. The van der Waals surface area contributed by atoms with E-state index in [9.17, 15) is 24.0 Å². The number of hydrogen-bond acceptors (Lipinski definition) is 8. The van der Waals surface area contributed by atoms with Gasteiger partial charge in [-0.1, -0.05) is 40.6 Å². The average molecular weight is 668 g/mol. The number of H-pyrrole nitrogens is 1. The van der Waals surface area contributed by atoms with Crippen molar-refractivity contribution in [2.75, 3.05) is 18.5 Å². The largest absolute Gasteiger partial charge is 0.483 e. The number of anilines is 1. The molecule has 10 nitrogen and oxygen atoms in total. The SMILES string of the molecule is Cc1ccc(NC(=O)COc2ccc(Cl)cc2[C@H]2c3sc(=O)[nH]c3SC3C4CC(C5C(=O)N(CCCC(=O)O)C(=O)C45)C32)cc1. The minimum Gasteiger partial charge on any atom is -0.483 e. The quantitative estimate of drug-likeness (QED) is 0.277. The van der Waals surface area contributed by atoms with Crippen LogP contribution < -0.4 is 14.9 Å². The Kier molecular flexibility index (Phi) is 7.77. The number of likely N-dealkylation sites (tertiary alicyclic amines) is 1. The van der Waals surface area contributed by atoms with Gasteiger partial charge in [-0.15, -0.1) is 11.8 Å². The molecule has 13 heteroatoms. The van der Waals surface area contributed by atoms with Gasteiger partial charge in [0, 0.05) is 45.3 Å². The number of amides is 3. The predicted molar refractivity (Wildman–Crippen MR) is 169 cm³/mol. The lowest BCUT2D eigenvalue weighted by atomic mass is 9.68. The van der Waals surface area contributed by atoms with E-state index in [1.807, 2.05) is 37.3 Å². The number of hydrogen-bond donors (Lipinski definition) is 3. The number of aromatic nitrogens is 1. The van der Waals surface area contributed by atoms with E-state index >= 15 is 0 Å². The van der Waals surface area contributed by atoms with Gasteiger partial charge in [0.2, 0.25) is 11.8 Å². The van der Waals surface area contributed by atoms with Crippen LogP contribution in [0.5, 0.6) is 5.75 Å². The van der Waals surface area contributed by atoms with E-state index in [4.69, 9.17) is 21.4 Å². The molecule has 7 atom stereocenters. The van der Waals surface area contributed by atoms with Crippen LogP contribution in [0.1, 0.15) is 41.2 Å². The third-order valence-electron chi connectivity index (χ3n) is 9.59. The van der Waals surface area contributed by atoms with Crippen LogP contribution in [0.25, 0.3) is 0 Å². The molecule has 2 aliphatic heterocycles. The lowest BCUT2D eigenvalue weighted by Gasteiger charge is -2.43. The zero-order chi connectivity index (χ0) is 31.6. The number of benzene rings is 2. The Balaban J connectivity index is 1.20. The van der Waals surface area contributed by atoms with Crippen LogP contribution in [0.3, 0.4) is 0 Å². The Morgan fingerprint density at radius 3 is 2.56 bits per heavy atom. The molecule has 6 unspecified atom stereocenters. The lowest BCUT2D eigenvalue weighted by molar-refractivity contribution is -0.142. The molecule has 2 bridgehead atoms. The zero-order valence-electron chi connectivity index (χ0n) is 24.2. The van der Waals surface area contributed by atoms with Crippen LogP contribution in [0, 0.1) is 36.5 Å². The summed E-state index contributed by atoms with van der Waals surface area (Å²) in [4.78, 5) is 68.7. The molecule has 45 heavy (non-hydrogen) atoms. The first-order valence-corrected chi connectivity index (χ1v) is 16.9. The zero-order valence-corrected chi connectivity index (χ0v) is 26.5. The highest BCUT2D eigenvalue weighted by Crippen LogP contribution is 2.69. The van der Waals surface area contributed by atoms with Crippen LogP contribution >= 0.6 is 34.7 Å². The number of carboxylic acids is 1. The highest BCUT2D eigenvalue weighted by atomic mass is 35.5. The molecule has 0 spiro atoms. The van der Waals surface area contributed by atoms with Gasteiger partial charge in [-0.2, -0.15) is 0 Å². The number of thiazole rings is 1. The molecule has 3 amide bonds. The second-order valence-corrected chi connectivity index (χ2v) is 14.8. The fourth-order valence-corrected chi connectivity index (χ4v) is 11.0.